The second kappa shape index (κ2) is 7.24. The lowest BCUT2D eigenvalue weighted by Gasteiger charge is -2.19. The smallest absolute Gasteiger partial charge is 0.233 e. The molecule has 2 N–H and O–H groups in total. The number of aryl methyl sites for hydroxylation is 3. The summed E-state index contributed by atoms with van der Waals surface area (Å²) in [4.78, 5) is 16.1. The van der Waals surface area contributed by atoms with Gasteiger partial charge in [0.25, 0.3) is 0 Å². The van der Waals surface area contributed by atoms with Crippen LogP contribution in [0.4, 0.5) is 0 Å². The van der Waals surface area contributed by atoms with Gasteiger partial charge in [-0.15, -0.1) is 0 Å². The maximum atomic E-state index is 11.6. The number of pyridine rings is 1. The van der Waals surface area contributed by atoms with E-state index in [2.05, 4.69) is 35.5 Å². The van der Waals surface area contributed by atoms with Gasteiger partial charge in [-0.25, -0.2) is 0 Å². The lowest BCUT2D eigenvalue weighted by atomic mass is 10.0. The molecule has 1 aromatic rings. The number of nitrogens with zero attached hydrogens (tertiary/aromatic N) is 1. The standard InChI is InChI=1S/C15H25N3O/c1-6-7-16-14(19)9-17-12(4)15-10(2)8-11(3)18-13(15)5/h8,12,17H,6-7,9H2,1-5H3,(H,16,19). The molecule has 0 radical (unpaired) electrons. The molecule has 0 spiro atoms. The summed E-state index contributed by atoms with van der Waals surface area (Å²) in [5.74, 6) is 0.0454. The number of amides is 1. The minimum absolute atomic E-state index is 0.0454. The molecule has 0 aromatic carbocycles. The van der Waals surface area contributed by atoms with Crippen LogP contribution >= 0.6 is 0 Å². The number of hydrogen-bond acceptors (Lipinski definition) is 3. The van der Waals surface area contributed by atoms with Gasteiger partial charge in [-0.2, -0.15) is 0 Å². The van der Waals surface area contributed by atoms with Crippen LogP contribution in [0.15, 0.2) is 6.07 Å². The zero-order chi connectivity index (χ0) is 14.4. The molecule has 1 atom stereocenters. The minimum Gasteiger partial charge on any atom is -0.355 e. The highest BCUT2D eigenvalue weighted by atomic mass is 16.1. The Kier molecular flexibility index (Phi) is 5.96. The monoisotopic (exact) mass is 263 g/mol. The van der Waals surface area contributed by atoms with Gasteiger partial charge >= 0.3 is 0 Å². The fourth-order valence-electron chi connectivity index (χ4n) is 2.36. The van der Waals surface area contributed by atoms with Gasteiger partial charge in [0, 0.05) is 24.0 Å². The minimum atomic E-state index is 0.0454. The molecule has 4 nitrogen and oxygen atoms in total. The number of nitrogens with one attached hydrogen (secondary N) is 2. The van der Waals surface area contributed by atoms with E-state index in [-0.39, 0.29) is 11.9 Å². The third-order valence-corrected chi connectivity index (χ3v) is 3.16. The van der Waals surface area contributed by atoms with Gasteiger partial charge in [0.15, 0.2) is 0 Å². The summed E-state index contributed by atoms with van der Waals surface area (Å²) in [6, 6.07) is 2.21. The average molecular weight is 263 g/mol. The highest BCUT2D eigenvalue weighted by Crippen LogP contribution is 2.20. The van der Waals surface area contributed by atoms with Crippen LogP contribution in [0.1, 0.15) is 48.8 Å². The van der Waals surface area contributed by atoms with Crippen molar-refractivity contribution >= 4 is 5.91 Å². The van der Waals surface area contributed by atoms with Gasteiger partial charge in [-0.05, 0) is 51.3 Å². The molecule has 0 aliphatic heterocycles. The Bertz CT molecular complexity index is 420. The summed E-state index contributed by atoms with van der Waals surface area (Å²) in [5, 5.41) is 6.12. The molecular weight excluding hydrogens is 238 g/mol. The van der Waals surface area contributed by atoms with E-state index in [1.807, 2.05) is 20.8 Å². The average Bonchev–Trinajstić information content (AvgIpc) is 2.32. The first-order chi connectivity index (χ1) is 8.95. The van der Waals surface area contributed by atoms with Crippen molar-refractivity contribution in [1.82, 2.24) is 15.6 Å². The van der Waals surface area contributed by atoms with Crippen LogP contribution in [0.25, 0.3) is 0 Å². The van der Waals surface area contributed by atoms with E-state index in [0.29, 0.717) is 6.54 Å². The van der Waals surface area contributed by atoms with Crippen LogP contribution in [0.3, 0.4) is 0 Å². The summed E-state index contributed by atoms with van der Waals surface area (Å²) in [5.41, 5.74) is 4.48. The molecule has 0 aliphatic carbocycles. The van der Waals surface area contributed by atoms with Gasteiger partial charge < -0.3 is 10.6 Å². The quantitative estimate of drug-likeness (QED) is 0.827. The zero-order valence-electron chi connectivity index (χ0n) is 12.6. The van der Waals surface area contributed by atoms with Gasteiger partial charge in [-0.1, -0.05) is 6.92 Å². The van der Waals surface area contributed by atoms with Crippen LogP contribution in [0, 0.1) is 20.8 Å². The third kappa shape index (κ3) is 4.63. The Balaban J connectivity index is 2.63. The molecule has 19 heavy (non-hydrogen) atoms. The number of aromatic nitrogens is 1. The molecule has 0 aliphatic rings. The Morgan fingerprint density at radius 3 is 2.63 bits per heavy atom. The fourth-order valence-corrected chi connectivity index (χ4v) is 2.36. The van der Waals surface area contributed by atoms with Crippen molar-refractivity contribution in [3.05, 3.63) is 28.6 Å². The molecular formula is C15H25N3O. The number of carbonyl (C=O) groups is 1. The molecule has 1 aromatic heterocycles. The van der Waals surface area contributed by atoms with Crippen molar-refractivity contribution in [3.8, 4) is 0 Å². The van der Waals surface area contributed by atoms with E-state index in [4.69, 9.17) is 0 Å². The summed E-state index contributed by atoms with van der Waals surface area (Å²) in [7, 11) is 0. The Labute approximate surface area is 116 Å². The number of hydrogen-bond donors (Lipinski definition) is 2. The third-order valence-electron chi connectivity index (χ3n) is 3.16. The van der Waals surface area contributed by atoms with Crippen LogP contribution in [0.5, 0.6) is 0 Å². The molecule has 0 saturated heterocycles. The molecule has 0 fully saturated rings. The molecule has 1 amide bonds. The van der Waals surface area contributed by atoms with Crippen LogP contribution in [-0.2, 0) is 4.79 Å². The number of carbonyl (C=O) groups excluding carboxylic acids is 1. The second-order valence-corrected chi connectivity index (χ2v) is 5.03. The second-order valence-electron chi connectivity index (χ2n) is 5.03. The number of rotatable bonds is 6. The van der Waals surface area contributed by atoms with E-state index in [9.17, 15) is 4.79 Å². The van der Waals surface area contributed by atoms with Crippen LogP contribution < -0.4 is 10.6 Å². The Morgan fingerprint density at radius 1 is 1.37 bits per heavy atom. The molecule has 0 bridgehead atoms. The summed E-state index contributed by atoms with van der Waals surface area (Å²) >= 11 is 0. The summed E-state index contributed by atoms with van der Waals surface area (Å²) < 4.78 is 0. The molecule has 106 valence electrons. The lowest BCUT2D eigenvalue weighted by molar-refractivity contribution is -0.120. The van der Waals surface area contributed by atoms with Gasteiger partial charge in [0.1, 0.15) is 0 Å². The summed E-state index contributed by atoms with van der Waals surface area (Å²) in [6.45, 7) is 11.3. The normalized spacial score (nSPS) is 12.3. The SMILES string of the molecule is CCCNC(=O)CNC(C)c1c(C)cc(C)nc1C. The Hall–Kier alpha value is -1.42. The van der Waals surface area contributed by atoms with Crippen LogP contribution in [0.2, 0.25) is 0 Å². The van der Waals surface area contributed by atoms with Crippen LogP contribution in [-0.4, -0.2) is 24.0 Å². The molecule has 4 heteroatoms. The lowest BCUT2D eigenvalue weighted by Crippen LogP contribution is -2.35. The fraction of sp³-hybridized carbons (Fsp3) is 0.600. The first-order valence-corrected chi connectivity index (χ1v) is 6.90. The van der Waals surface area contributed by atoms with Crippen molar-refractivity contribution in [2.75, 3.05) is 13.1 Å². The maximum absolute atomic E-state index is 11.6. The maximum Gasteiger partial charge on any atom is 0.233 e. The predicted octanol–water partition coefficient (Wildman–Crippen LogP) is 2.18. The van der Waals surface area contributed by atoms with Crippen molar-refractivity contribution in [3.63, 3.8) is 0 Å². The van der Waals surface area contributed by atoms with Crippen molar-refractivity contribution in [2.45, 2.75) is 47.1 Å². The van der Waals surface area contributed by atoms with E-state index in [1.54, 1.807) is 0 Å². The van der Waals surface area contributed by atoms with Gasteiger partial charge in [-0.3, -0.25) is 9.78 Å². The van der Waals surface area contributed by atoms with E-state index < -0.39 is 0 Å². The van der Waals surface area contributed by atoms with E-state index >= 15 is 0 Å². The molecule has 0 saturated carbocycles. The molecule has 1 rings (SSSR count). The molecule has 1 unspecified atom stereocenters. The zero-order valence-corrected chi connectivity index (χ0v) is 12.6. The first kappa shape index (κ1) is 15.6. The van der Waals surface area contributed by atoms with Crippen molar-refractivity contribution in [2.24, 2.45) is 0 Å². The largest absolute Gasteiger partial charge is 0.355 e. The highest BCUT2D eigenvalue weighted by Gasteiger charge is 2.13. The van der Waals surface area contributed by atoms with E-state index in [0.717, 1.165) is 24.4 Å². The molecule has 1 heterocycles. The van der Waals surface area contributed by atoms with Crippen molar-refractivity contribution in [1.29, 1.82) is 0 Å². The van der Waals surface area contributed by atoms with Gasteiger partial charge in [0.2, 0.25) is 5.91 Å². The highest BCUT2D eigenvalue weighted by molar-refractivity contribution is 5.78. The van der Waals surface area contributed by atoms with E-state index in [1.165, 1.54) is 11.1 Å². The first-order valence-electron chi connectivity index (χ1n) is 6.90. The topological polar surface area (TPSA) is 54.0 Å². The predicted molar refractivity (Wildman–Crippen MR) is 78.2 cm³/mol. The Morgan fingerprint density at radius 2 is 2.05 bits per heavy atom. The van der Waals surface area contributed by atoms with Gasteiger partial charge in [0.05, 0.1) is 6.54 Å². The summed E-state index contributed by atoms with van der Waals surface area (Å²) in [6.07, 6.45) is 0.960. The van der Waals surface area contributed by atoms with Crippen molar-refractivity contribution < 1.29 is 4.79 Å².